The Morgan fingerprint density at radius 1 is 1.20 bits per heavy atom. The Bertz CT molecular complexity index is 973. The van der Waals surface area contributed by atoms with Gasteiger partial charge in [0, 0.05) is 43.0 Å². The molecule has 1 aliphatic rings. The summed E-state index contributed by atoms with van der Waals surface area (Å²) in [5.74, 6) is 1.84. The van der Waals surface area contributed by atoms with E-state index in [9.17, 15) is 4.79 Å². The second kappa shape index (κ2) is 9.43. The SMILES string of the molecule is COc1ccccc1OCCc1cc(C2CCN(C(=O)Cc3ccccn3)C2)n[nH]1. The number of aromatic amines is 1. The van der Waals surface area contributed by atoms with Crippen LogP contribution >= 0.6 is 0 Å². The minimum atomic E-state index is 0.122. The first-order valence-electron chi connectivity index (χ1n) is 10.2. The number of nitrogens with one attached hydrogen (secondary N) is 1. The van der Waals surface area contributed by atoms with E-state index >= 15 is 0 Å². The van der Waals surface area contributed by atoms with Crippen LogP contribution in [-0.2, 0) is 17.6 Å². The van der Waals surface area contributed by atoms with Crippen molar-refractivity contribution in [2.24, 2.45) is 0 Å². The molecule has 1 fully saturated rings. The van der Waals surface area contributed by atoms with E-state index in [0.29, 0.717) is 19.6 Å². The van der Waals surface area contributed by atoms with Crippen LogP contribution in [0.5, 0.6) is 11.5 Å². The van der Waals surface area contributed by atoms with Crippen LogP contribution in [-0.4, -0.2) is 52.8 Å². The Morgan fingerprint density at radius 2 is 2.03 bits per heavy atom. The summed E-state index contributed by atoms with van der Waals surface area (Å²) in [6.07, 6.45) is 3.72. The van der Waals surface area contributed by atoms with E-state index < -0.39 is 0 Å². The Balaban J connectivity index is 1.27. The van der Waals surface area contributed by atoms with Crippen molar-refractivity contribution in [2.45, 2.75) is 25.2 Å². The van der Waals surface area contributed by atoms with Crippen LogP contribution in [0.1, 0.15) is 29.4 Å². The van der Waals surface area contributed by atoms with Gasteiger partial charge < -0.3 is 14.4 Å². The van der Waals surface area contributed by atoms with Crippen LogP contribution < -0.4 is 9.47 Å². The van der Waals surface area contributed by atoms with Gasteiger partial charge in [-0.1, -0.05) is 18.2 Å². The topological polar surface area (TPSA) is 80.3 Å². The van der Waals surface area contributed by atoms with Crippen LogP contribution in [0.25, 0.3) is 0 Å². The maximum atomic E-state index is 12.6. The third-order valence-corrected chi connectivity index (χ3v) is 5.37. The molecule has 1 saturated heterocycles. The fourth-order valence-corrected chi connectivity index (χ4v) is 3.72. The molecular weight excluding hydrogens is 380 g/mol. The van der Waals surface area contributed by atoms with Crippen molar-refractivity contribution >= 4 is 5.91 Å². The van der Waals surface area contributed by atoms with E-state index in [1.165, 1.54) is 0 Å². The summed E-state index contributed by atoms with van der Waals surface area (Å²) in [5, 5.41) is 7.59. The van der Waals surface area contributed by atoms with Crippen LogP contribution in [0.2, 0.25) is 0 Å². The smallest absolute Gasteiger partial charge is 0.228 e. The molecule has 1 aromatic carbocycles. The lowest BCUT2D eigenvalue weighted by atomic mass is 10.0. The number of likely N-dealkylation sites (tertiary alicyclic amines) is 1. The minimum Gasteiger partial charge on any atom is -0.493 e. The van der Waals surface area contributed by atoms with Gasteiger partial charge in [0.25, 0.3) is 0 Å². The van der Waals surface area contributed by atoms with Crippen molar-refractivity contribution in [1.29, 1.82) is 0 Å². The number of H-pyrrole nitrogens is 1. The fraction of sp³-hybridized carbons (Fsp3) is 0.348. The Morgan fingerprint density at radius 3 is 2.83 bits per heavy atom. The minimum absolute atomic E-state index is 0.122. The van der Waals surface area contributed by atoms with Crippen molar-refractivity contribution in [1.82, 2.24) is 20.1 Å². The standard InChI is InChI=1S/C23H26N4O3/c1-29-21-7-2-3-8-22(21)30-13-10-19-14-20(26-25-19)17-9-12-27(16-17)23(28)15-18-6-4-5-11-24-18/h2-8,11,14,17H,9-10,12-13,15-16H2,1H3,(H,25,26). The number of ether oxygens (including phenoxy) is 2. The van der Waals surface area contributed by atoms with Gasteiger partial charge in [-0.25, -0.2) is 0 Å². The molecule has 0 radical (unpaired) electrons. The van der Waals surface area contributed by atoms with E-state index in [1.54, 1.807) is 13.3 Å². The number of aromatic nitrogens is 3. The monoisotopic (exact) mass is 406 g/mol. The van der Waals surface area contributed by atoms with E-state index in [-0.39, 0.29) is 11.8 Å². The number of rotatable bonds is 8. The summed E-state index contributed by atoms with van der Waals surface area (Å²) in [6.45, 7) is 1.99. The van der Waals surface area contributed by atoms with Crippen molar-refractivity contribution in [3.8, 4) is 11.5 Å². The van der Waals surface area contributed by atoms with Gasteiger partial charge in [-0.3, -0.25) is 14.9 Å². The molecule has 3 heterocycles. The summed E-state index contributed by atoms with van der Waals surface area (Å²) in [7, 11) is 1.63. The van der Waals surface area contributed by atoms with Gasteiger partial charge in [0.1, 0.15) is 0 Å². The number of pyridine rings is 1. The average molecular weight is 406 g/mol. The zero-order chi connectivity index (χ0) is 20.8. The highest BCUT2D eigenvalue weighted by atomic mass is 16.5. The number of carbonyl (C=O) groups is 1. The lowest BCUT2D eigenvalue weighted by Crippen LogP contribution is -2.30. The zero-order valence-electron chi connectivity index (χ0n) is 17.1. The third-order valence-electron chi connectivity index (χ3n) is 5.37. The predicted octanol–water partition coefficient (Wildman–Crippen LogP) is 2.99. The summed E-state index contributed by atoms with van der Waals surface area (Å²) < 4.78 is 11.1. The van der Waals surface area contributed by atoms with Gasteiger partial charge in [-0.05, 0) is 36.8 Å². The van der Waals surface area contributed by atoms with Gasteiger partial charge in [0.05, 0.1) is 25.8 Å². The number of hydrogen-bond donors (Lipinski definition) is 1. The third kappa shape index (κ3) is 4.79. The van der Waals surface area contributed by atoms with Crippen molar-refractivity contribution < 1.29 is 14.3 Å². The number of amides is 1. The molecule has 4 rings (SSSR count). The molecule has 0 bridgehead atoms. The molecule has 1 aliphatic heterocycles. The highest BCUT2D eigenvalue weighted by Gasteiger charge is 2.29. The molecular formula is C23H26N4O3. The number of carbonyl (C=O) groups excluding carboxylic acids is 1. The highest BCUT2D eigenvalue weighted by Crippen LogP contribution is 2.28. The van der Waals surface area contributed by atoms with E-state index in [1.807, 2.05) is 47.4 Å². The summed E-state index contributed by atoms with van der Waals surface area (Å²) in [4.78, 5) is 18.7. The van der Waals surface area contributed by atoms with E-state index in [0.717, 1.165) is 48.0 Å². The first-order valence-corrected chi connectivity index (χ1v) is 10.2. The van der Waals surface area contributed by atoms with Gasteiger partial charge in [-0.15, -0.1) is 0 Å². The first kappa shape index (κ1) is 19.9. The average Bonchev–Trinajstić information content (AvgIpc) is 3.45. The van der Waals surface area contributed by atoms with E-state index in [2.05, 4.69) is 21.2 Å². The van der Waals surface area contributed by atoms with Gasteiger partial charge in [0.15, 0.2) is 11.5 Å². The van der Waals surface area contributed by atoms with Crippen LogP contribution in [0, 0.1) is 0 Å². The summed E-state index contributed by atoms with van der Waals surface area (Å²) in [5.41, 5.74) is 2.84. The molecule has 1 N–H and O–H groups in total. The fourth-order valence-electron chi connectivity index (χ4n) is 3.72. The molecule has 30 heavy (non-hydrogen) atoms. The van der Waals surface area contributed by atoms with Crippen molar-refractivity contribution in [3.63, 3.8) is 0 Å². The van der Waals surface area contributed by atoms with Crippen LogP contribution in [0.15, 0.2) is 54.7 Å². The van der Waals surface area contributed by atoms with E-state index in [4.69, 9.17) is 9.47 Å². The number of para-hydroxylation sites is 2. The van der Waals surface area contributed by atoms with Crippen molar-refractivity contribution in [2.75, 3.05) is 26.8 Å². The lowest BCUT2D eigenvalue weighted by molar-refractivity contribution is -0.129. The number of nitrogens with zero attached hydrogens (tertiary/aromatic N) is 3. The molecule has 1 unspecified atom stereocenters. The molecule has 1 atom stereocenters. The highest BCUT2D eigenvalue weighted by molar-refractivity contribution is 5.78. The maximum absolute atomic E-state index is 12.6. The van der Waals surface area contributed by atoms with Gasteiger partial charge in [0.2, 0.25) is 5.91 Å². The summed E-state index contributed by atoms with van der Waals surface area (Å²) in [6, 6.07) is 15.4. The Hall–Kier alpha value is -3.35. The number of benzene rings is 1. The molecule has 7 nitrogen and oxygen atoms in total. The van der Waals surface area contributed by atoms with Gasteiger partial charge >= 0.3 is 0 Å². The zero-order valence-corrected chi connectivity index (χ0v) is 17.1. The second-order valence-electron chi connectivity index (χ2n) is 7.39. The Kier molecular flexibility index (Phi) is 6.27. The quantitative estimate of drug-likeness (QED) is 0.622. The normalized spacial score (nSPS) is 15.9. The largest absolute Gasteiger partial charge is 0.493 e. The predicted molar refractivity (Wildman–Crippen MR) is 113 cm³/mol. The molecule has 0 saturated carbocycles. The lowest BCUT2D eigenvalue weighted by Gasteiger charge is -2.15. The number of methoxy groups -OCH3 is 1. The molecule has 0 spiro atoms. The molecule has 2 aromatic heterocycles. The second-order valence-corrected chi connectivity index (χ2v) is 7.39. The van der Waals surface area contributed by atoms with Crippen molar-refractivity contribution in [3.05, 3.63) is 71.8 Å². The van der Waals surface area contributed by atoms with Crippen LogP contribution in [0.3, 0.4) is 0 Å². The first-order chi connectivity index (χ1) is 14.7. The maximum Gasteiger partial charge on any atom is 0.228 e. The van der Waals surface area contributed by atoms with Crippen LogP contribution in [0.4, 0.5) is 0 Å². The summed E-state index contributed by atoms with van der Waals surface area (Å²) >= 11 is 0. The molecule has 156 valence electrons. The van der Waals surface area contributed by atoms with Gasteiger partial charge in [-0.2, -0.15) is 5.10 Å². The molecule has 3 aromatic rings. The molecule has 0 aliphatic carbocycles. The molecule has 1 amide bonds. The molecule has 7 heteroatoms. The number of hydrogen-bond acceptors (Lipinski definition) is 5. The Labute approximate surface area is 176 Å².